The van der Waals surface area contributed by atoms with E-state index in [2.05, 4.69) is 15.5 Å². The molecule has 1 aromatic heterocycles. The van der Waals surface area contributed by atoms with Crippen LogP contribution in [0.4, 0.5) is 9.52 Å². The molecule has 28 heavy (non-hydrogen) atoms. The number of nitrogens with one attached hydrogen (secondary N) is 1. The molecule has 0 saturated heterocycles. The lowest BCUT2D eigenvalue weighted by atomic mass is 10.2. The second-order valence-corrected chi connectivity index (χ2v) is 8.61. The Bertz CT molecular complexity index is 944. The highest BCUT2D eigenvalue weighted by Gasteiger charge is 2.13. The van der Waals surface area contributed by atoms with Crippen molar-refractivity contribution in [2.75, 3.05) is 5.32 Å². The molecule has 0 unspecified atom stereocenters. The third kappa shape index (κ3) is 5.43. The van der Waals surface area contributed by atoms with E-state index in [1.165, 1.54) is 29.2 Å². The number of hydrogen-bond donors (Lipinski definition) is 1. The minimum atomic E-state index is -0.358. The molecular formula is C19H17ClFN3O2S2. The Morgan fingerprint density at radius 3 is 2.68 bits per heavy atom. The predicted octanol–water partition coefficient (Wildman–Crippen LogP) is 5.66. The number of anilines is 1. The largest absolute Gasteiger partial charge is 0.491 e. The summed E-state index contributed by atoms with van der Waals surface area (Å²) in [6, 6.07) is 11.4. The van der Waals surface area contributed by atoms with Crippen molar-refractivity contribution >= 4 is 45.7 Å². The van der Waals surface area contributed by atoms with Crippen molar-refractivity contribution in [1.82, 2.24) is 10.2 Å². The third-order valence-corrected chi connectivity index (χ3v) is 5.87. The van der Waals surface area contributed by atoms with Crippen LogP contribution < -0.4 is 10.1 Å². The highest BCUT2D eigenvalue weighted by atomic mass is 35.5. The van der Waals surface area contributed by atoms with Gasteiger partial charge in [0.05, 0.1) is 6.10 Å². The highest BCUT2D eigenvalue weighted by molar-refractivity contribution is 8.00. The van der Waals surface area contributed by atoms with Crippen molar-refractivity contribution in [1.29, 1.82) is 0 Å². The lowest BCUT2D eigenvalue weighted by Crippen LogP contribution is -2.12. The lowest BCUT2D eigenvalue weighted by Gasteiger charge is -2.09. The van der Waals surface area contributed by atoms with Gasteiger partial charge in [-0.05, 0) is 50.2 Å². The van der Waals surface area contributed by atoms with Gasteiger partial charge in [-0.15, -0.1) is 10.2 Å². The van der Waals surface area contributed by atoms with E-state index in [0.717, 1.165) is 0 Å². The van der Waals surface area contributed by atoms with Crippen molar-refractivity contribution in [3.8, 4) is 5.75 Å². The molecule has 2 aromatic carbocycles. The van der Waals surface area contributed by atoms with Crippen molar-refractivity contribution in [2.45, 2.75) is 30.0 Å². The third-order valence-electron chi connectivity index (χ3n) is 3.52. The summed E-state index contributed by atoms with van der Waals surface area (Å²) in [4.78, 5) is 12.3. The molecule has 0 radical (unpaired) electrons. The first-order valence-corrected chi connectivity index (χ1v) is 10.6. The first kappa shape index (κ1) is 20.6. The summed E-state index contributed by atoms with van der Waals surface area (Å²) in [5, 5.41) is 11.4. The zero-order chi connectivity index (χ0) is 20.1. The number of carbonyl (C=O) groups is 1. The Kier molecular flexibility index (Phi) is 6.88. The highest BCUT2D eigenvalue weighted by Crippen LogP contribution is 2.31. The minimum Gasteiger partial charge on any atom is -0.491 e. The Labute approximate surface area is 175 Å². The summed E-state index contributed by atoms with van der Waals surface area (Å²) in [5.41, 5.74) is 0.900. The number of hydrogen-bond acceptors (Lipinski definition) is 6. The number of aromatic nitrogens is 2. The maximum atomic E-state index is 13.8. The van der Waals surface area contributed by atoms with E-state index in [4.69, 9.17) is 16.3 Å². The van der Waals surface area contributed by atoms with Crippen LogP contribution in [-0.2, 0) is 5.75 Å². The molecule has 9 heteroatoms. The molecule has 0 saturated carbocycles. The fourth-order valence-corrected chi connectivity index (χ4v) is 4.34. The van der Waals surface area contributed by atoms with E-state index in [1.54, 1.807) is 36.4 Å². The standard InChI is InChI=1S/C19H17ClFN3O2S2/c1-11(2)26-13-8-6-12(7-9-13)17(25)22-18-23-24-19(28-18)27-10-14-15(20)4-3-5-16(14)21/h3-9,11H,10H2,1-2H3,(H,22,23,25). The van der Waals surface area contributed by atoms with Crippen LogP contribution in [0.25, 0.3) is 0 Å². The molecule has 0 atom stereocenters. The number of ether oxygens (including phenoxy) is 1. The van der Waals surface area contributed by atoms with Crippen molar-refractivity contribution in [3.05, 3.63) is 64.4 Å². The lowest BCUT2D eigenvalue weighted by molar-refractivity contribution is 0.102. The van der Waals surface area contributed by atoms with E-state index in [9.17, 15) is 9.18 Å². The summed E-state index contributed by atoms with van der Waals surface area (Å²) < 4.78 is 20.0. The maximum Gasteiger partial charge on any atom is 0.257 e. The number of nitrogens with zero attached hydrogens (tertiary/aromatic N) is 2. The fraction of sp³-hybridized carbons (Fsp3) is 0.211. The van der Waals surface area contributed by atoms with Crippen LogP contribution in [-0.4, -0.2) is 22.2 Å². The molecule has 146 valence electrons. The maximum absolute atomic E-state index is 13.8. The second-order valence-electron chi connectivity index (χ2n) is 6.01. The van der Waals surface area contributed by atoms with E-state index >= 15 is 0 Å². The van der Waals surface area contributed by atoms with Gasteiger partial charge in [0.2, 0.25) is 5.13 Å². The molecule has 5 nitrogen and oxygen atoms in total. The van der Waals surface area contributed by atoms with Gasteiger partial charge < -0.3 is 4.74 Å². The normalized spacial score (nSPS) is 10.9. The molecule has 1 N–H and O–H groups in total. The molecule has 0 aliphatic heterocycles. The van der Waals surface area contributed by atoms with E-state index in [-0.39, 0.29) is 17.8 Å². The molecule has 0 aliphatic rings. The summed E-state index contributed by atoms with van der Waals surface area (Å²) >= 11 is 8.55. The van der Waals surface area contributed by atoms with Gasteiger partial charge in [0.1, 0.15) is 11.6 Å². The fourth-order valence-electron chi connectivity index (χ4n) is 2.25. The molecule has 0 fully saturated rings. The van der Waals surface area contributed by atoms with Crippen LogP contribution in [0.5, 0.6) is 5.75 Å². The zero-order valence-corrected chi connectivity index (χ0v) is 17.5. The molecule has 0 aliphatic carbocycles. The van der Waals surface area contributed by atoms with Gasteiger partial charge in [-0.2, -0.15) is 0 Å². The second kappa shape index (κ2) is 9.36. The van der Waals surface area contributed by atoms with E-state index < -0.39 is 0 Å². The number of halogens is 2. The molecule has 0 bridgehead atoms. The SMILES string of the molecule is CC(C)Oc1ccc(C(=O)Nc2nnc(SCc3c(F)cccc3Cl)s2)cc1. The van der Waals surface area contributed by atoms with Crippen LogP contribution >= 0.6 is 34.7 Å². The molecular weight excluding hydrogens is 421 g/mol. The number of thioether (sulfide) groups is 1. The van der Waals surface area contributed by atoms with Crippen LogP contribution in [0, 0.1) is 5.82 Å². The Hall–Kier alpha value is -2.16. The van der Waals surface area contributed by atoms with Gasteiger partial charge in [0.15, 0.2) is 4.34 Å². The van der Waals surface area contributed by atoms with Gasteiger partial charge in [-0.1, -0.05) is 40.8 Å². The molecule has 1 amide bonds. The Morgan fingerprint density at radius 2 is 2.00 bits per heavy atom. The van der Waals surface area contributed by atoms with Crippen molar-refractivity contribution in [3.63, 3.8) is 0 Å². The Balaban J connectivity index is 1.59. The van der Waals surface area contributed by atoms with Gasteiger partial charge in [-0.3, -0.25) is 10.1 Å². The van der Waals surface area contributed by atoms with Gasteiger partial charge in [0, 0.05) is 21.9 Å². The first-order valence-electron chi connectivity index (χ1n) is 8.39. The summed E-state index contributed by atoms with van der Waals surface area (Å²) in [7, 11) is 0. The monoisotopic (exact) mass is 437 g/mol. The average Bonchev–Trinajstić information content (AvgIpc) is 3.08. The first-order chi connectivity index (χ1) is 13.4. The summed E-state index contributed by atoms with van der Waals surface area (Å²) in [6.07, 6.45) is 0.0660. The van der Waals surface area contributed by atoms with Crippen LogP contribution in [0.15, 0.2) is 46.8 Å². The van der Waals surface area contributed by atoms with E-state index in [1.807, 2.05) is 13.8 Å². The summed E-state index contributed by atoms with van der Waals surface area (Å²) in [5.74, 6) is 0.377. The number of benzene rings is 2. The predicted molar refractivity (Wildman–Crippen MR) is 111 cm³/mol. The van der Waals surface area contributed by atoms with Crippen LogP contribution in [0.2, 0.25) is 5.02 Å². The number of carbonyl (C=O) groups excluding carboxylic acids is 1. The minimum absolute atomic E-state index is 0.0660. The number of amides is 1. The van der Waals surface area contributed by atoms with Gasteiger partial charge in [0.25, 0.3) is 5.91 Å². The molecule has 3 aromatic rings. The quantitative estimate of drug-likeness (QED) is 0.381. The van der Waals surface area contributed by atoms with Crippen LogP contribution in [0.1, 0.15) is 29.8 Å². The van der Waals surface area contributed by atoms with Crippen molar-refractivity contribution < 1.29 is 13.9 Å². The average molecular weight is 438 g/mol. The topological polar surface area (TPSA) is 64.1 Å². The van der Waals surface area contributed by atoms with Crippen LogP contribution in [0.3, 0.4) is 0 Å². The van der Waals surface area contributed by atoms with Crippen molar-refractivity contribution in [2.24, 2.45) is 0 Å². The Morgan fingerprint density at radius 1 is 1.25 bits per heavy atom. The smallest absolute Gasteiger partial charge is 0.257 e. The molecule has 3 rings (SSSR count). The zero-order valence-electron chi connectivity index (χ0n) is 15.1. The van der Waals surface area contributed by atoms with E-state index in [0.29, 0.717) is 37.1 Å². The number of rotatable bonds is 7. The summed E-state index contributed by atoms with van der Waals surface area (Å²) in [6.45, 7) is 3.87. The molecule has 0 spiro atoms. The molecule has 1 heterocycles. The van der Waals surface area contributed by atoms with Gasteiger partial charge in [-0.25, -0.2) is 4.39 Å². The van der Waals surface area contributed by atoms with Gasteiger partial charge >= 0.3 is 0 Å².